The summed E-state index contributed by atoms with van der Waals surface area (Å²) in [7, 11) is 0. The molecular weight excluding hydrogens is 292 g/mol. The van der Waals surface area contributed by atoms with Crippen molar-refractivity contribution in [3.63, 3.8) is 0 Å². The van der Waals surface area contributed by atoms with Gasteiger partial charge in [0.1, 0.15) is 11.9 Å². The van der Waals surface area contributed by atoms with Crippen molar-refractivity contribution in [2.75, 3.05) is 0 Å². The number of ketones is 1. The maximum atomic E-state index is 12.6. The molecule has 0 radical (unpaired) electrons. The van der Waals surface area contributed by atoms with Gasteiger partial charge in [0.25, 0.3) is 0 Å². The Labute approximate surface area is 132 Å². The monoisotopic (exact) mass is 306 g/mol. The van der Waals surface area contributed by atoms with Crippen LogP contribution in [-0.4, -0.2) is 16.0 Å². The zero-order chi connectivity index (χ0) is 16.0. The van der Waals surface area contributed by atoms with E-state index >= 15 is 0 Å². The number of carbonyl (C=O) groups is 1. The lowest BCUT2D eigenvalue weighted by molar-refractivity contribution is 0.0852. The van der Waals surface area contributed by atoms with Gasteiger partial charge in [-0.05, 0) is 34.5 Å². The Hall–Kier alpha value is -3.01. The van der Waals surface area contributed by atoms with Crippen LogP contribution in [0, 0.1) is 0 Å². The fourth-order valence-electron chi connectivity index (χ4n) is 3.03. The molecular formula is C19H14O4. The first kappa shape index (κ1) is 13.6. The minimum atomic E-state index is -0.470. The highest BCUT2D eigenvalue weighted by atomic mass is 16.5. The number of Topliss-reactive ketones (excluding diaryl/α,β-unsaturated/α-hetero) is 1. The van der Waals surface area contributed by atoms with Crippen LogP contribution in [0.1, 0.15) is 28.4 Å². The van der Waals surface area contributed by atoms with Crippen molar-refractivity contribution in [3.8, 4) is 17.2 Å². The second-order valence-electron chi connectivity index (χ2n) is 5.64. The normalized spacial score (nSPS) is 16.9. The summed E-state index contributed by atoms with van der Waals surface area (Å²) in [5.74, 6) is 0.156. The number of rotatable bonds is 1. The van der Waals surface area contributed by atoms with E-state index in [4.69, 9.17) is 4.74 Å². The van der Waals surface area contributed by atoms with Crippen LogP contribution >= 0.6 is 0 Å². The van der Waals surface area contributed by atoms with Gasteiger partial charge in [0.05, 0.1) is 12.0 Å². The fraction of sp³-hybridized carbons (Fsp3) is 0.105. The van der Waals surface area contributed by atoms with Gasteiger partial charge in [-0.1, -0.05) is 36.4 Å². The largest absolute Gasteiger partial charge is 0.504 e. The van der Waals surface area contributed by atoms with Gasteiger partial charge in [-0.2, -0.15) is 0 Å². The number of benzene rings is 3. The Balaban J connectivity index is 1.79. The molecule has 0 aliphatic carbocycles. The summed E-state index contributed by atoms with van der Waals surface area (Å²) in [4.78, 5) is 12.6. The molecule has 0 aromatic heterocycles. The second-order valence-corrected chi connectivity index (χ2v) is 5.64. The minimum Gasteiger partial charge on any atom is -0.504 e. The van der Waals surface area contributed by atoms with E-state index in [-0.39, 0.29) is 23.7 Å². The summed E-state index contributed by atoms with van der Waals surface area (Å²) in [6.07, 6.45) is -0.270. The number of phenols is 2. The number of hydrogen-bond donors (Lipinski definition) is 2. The van der Waals surface area contributed by atoms with Crippen LogP contribution < -0.4 is 4.74 Å². The van der Waals surface area contributed by atoms with Gasteiger partial charge in [-0.3, -0.25) is 4.79 Å². The third-order valence-electron chi connectivity index (χ3n) is 4.18. The van der Waals surface area contributed by atoms with E-state index in [1.165, 1.54) is 12.1 Å². The first-order chi connectivity index (χ1) is 11.1. The quantitative estimate of drug-likeness (QED) is 0.668. The predicted molar refractivity (Wildman–Crippen MR) is 86.0 cm³/mol. The molecule has 0 fully saturated rings. The highest BCUT2D eigenvalue weighted by molar-refractivity contribution is 6.11. The number of ether oxygens (including phenoxy) is 1. The molecule has 3 aromatic rings. The van der Waals surface area contributed by atoms with E-state index in [0.717, 1.165) is 10.8 Å². The van der Waals surface area contributed by atoms with Crippen molar-refractivity contribution in [2.24, 2.45) is 0 Å². The highest BCUT2D eigenvalue weighted by Crippen LogP contribution is 2.40. The molecule has 114 valence electrons. The Morgan fingerprint density at radius 1 is 0.957 bits per heavy atom. The Bertz CT molecular complexity index is 930. The molecule has 23 heavy (non-hydrogen) atoms. The third kappa shape index (κ3) is 2.19. The highest BCUT2D eigenvalue weighted by Gasteiger charge is 2.29. The van der Waals surface area contributed by atoms with Crippen molar-refractivity contribution >= 4 is 16.6 Å². The van der Waals surface area contributed by atoms with Crippen LogP contribution in [0.4, 0.5) is 0 Å². The molecule has 0 bridgehead atoms. The summed E-state index contributed by atoms with van der Waals surface area (Å²) < 4.78 is 5.98. The van der Waals surface area contributed by atoms with Gasteiger partial charge in [0, 0.05) is 0 Å². The summed E-state index contributed by atoms with van der Waals surface area (Å²) in [6, 6.07) is 15.9. The van der Waals surface area contributed by atoms with Gasteiger partial charge in [0.2, 0.25) is 0 Å². The number of phenolic OH excluding ortho intramolecular Hbond substituents is 2. The molecule has 0 amide bonds. The van der Waals surface area contributed by atoms with Crippen molar-refractivity contribution in [3.05, 3.63) is 65.7 Å². The molecule has 4 rings (SSSR count). The van der Waals surface area contributed by atoms with Crippen LogP contribution in [0.5, 0.6) is 17.2 Å². The topological polar surface area (TPSA) is 66.8 Å². The lowest BCUT2D eigenvalue weighted by Crippen LogP contribution is -2.20. The first-order valence-electron chi connectivity index (χ1n) is 7.37. The second kappa shape index (κ2) is 5.02. The van der Waals surface area contributed by atoms with E-state index < -0.39 is 6.10 Å². The molecule has 4 heteroatoms. The summed E-state index contributed by atoms with van der Waals surface area (Å²) in [5, 5.41) is 20.9. The summed E-state index contributed by atoms with van der Waals surface area (Å²) >= 11 is 0. The van der Waals surface area contributed by atoms with E-state index in [2.05, 4.69) is 0 Å². The minimum absolute atomic E-state index is 0.0145. The van der Waals surface area contributed by atoms with Crippen LogP contribution in [0.3, 0.4) is 0 Å². The Kier molecular flexibility index (Phi) is 2.98. The van der Waals surface area contributed by atoms with Gasteiger partial charge in [-0.25, -0.2) is 0 Å². The molecule has 4 nitrogen and oxygen atoms in total. The predicted octanol–water partition coefficient (Wildman–Crippen LogP) is 3.96. The number of fused-ring (bicyclic) bond motifs is 3. The summed E-state index contributed by atoms with van der Waals surface area (Å²) in [6.45, 7) is 0. The fourth-order valence-corrected chi connectivity index (χ4v) is 3.03. The van der Waals surface area contributed by atoms with Crippen LogP contribution in [-0.2, 0) is 0 Å². The number of aromatic hydroxyl groups is 2. The van der Waals surface area contributed by atoms with Crippen molar-refractivity contribution < 1.29 is 19.7 Å². The van der Waals surface area contributed by atoms with Crippen LogP contribution in [0.2, 0.25) is 0 Å². The van der Waals surface area contributed by atoms with E-state index in [1.807, 2.05) is 36.4 Å². The Morgan fingerprint density at radius 3 is 2.61 bits per heavy atom. The van der Waals surface area contributed by atoms with Gasteiger partial charge >= 0.3 is 0 Å². The standard InChI is InChI=1S/C19H14O4/c20-14-7-5-12(9-15(14)21)18-10-16(22)19-13-4-2-1-3-11(13)6-8-17(19)23-18/h1-9,18,20-21H,10H2. The van der Waals surface area contributed by atoms with E-state index in [9.17, 15) is 15.0 Å². The molecule has 3 aromatic carbocycles. The smallest absolute Gasteiger partial charge is 0.171 e. The maximum absolute atomic E-state index is 12.6. The van der Waals surface area contributed by atoms with Gasteiger partial charge in [-0.15, -0.1) is 0 Å². The van der Waals surface area contributed by atoms with E-state index in [0.29, 0.717) is 16.9 Å². The lowest BCUT2D eigenvalue weighted by Gasteiger charge is -2.26. The summed E-state index contributed by atoms with van der Waals surface area (Å²) in [5.41, 5.74) is 1.27. The van der Waals surface area contributed by atoms with E-state index in [1.54, 1.807) is 6.07 Å². The molecule has 0 spiro atoms. The molecule has 0 saturated heterocycles. The molecule has 1 heterocycles. The number of hydrogen-bond acceptors (Lipinski definition) is 4. The zero-order valence-corrected chi connectivity index (χ0v) is 12.2. The van der Waals surface area contributed by atoms with Crippen molar-refractivity contribution in [1.82, 2.24) is 0 Å². The van der Waals surface area contributed by atoms with Crippen molar-refractivity contribution in [1.29, 1.82) is 0 Å². The third-order valence-corrected chi connectivity index (χ3v) is 4.18. The van der Waals surface area contributed by atoms with Gasteiger partial charge in [0.15, 0.2) is 17.3 Å². The molecule has 0 saturated carbocycles. The zero-order valence-electron chi connectivity index (χ0n) is 12.2. The maximum Gasteiger partial charge on any atom is 0.171 e. The van der Waals surface area contributed by atoms with Crippen LogP contribution in [0.25, 0.3) is 10.8 Å². The Morgan fingerprint density at radius 2 is 1.78 bits per heavy atom. The molecule has 1 aliphatic heterocycles. The first-order valence-corrected chi connectivity index (χ1v) is 7.37. The molecule has 1 aliphatic rings. The van der Waals surface area contributed by atoms with Crippen LogP contribution in [0.15, 0.2) is 54.6 Å². The number of carbonyl (C=O) groups excluding carboxylic acids is 1. The SMILES string of the molecule is O=C1CC(c2ccc(O)c(O)c2)Oc2ccc3ccccc3c21. The molecule has 2 N–H and O–H groups in total. The average Bonchev–Trinajstić information content (AvgIpc) is 2.56. The molecule has 1 unspecified atom stereocenters. The van der Waals surface area contributed by atoms with Gasteiger partial charge < -0.3 is 14.9 Å². The lowest BCUT2D eigenvalue weighted by atomic mass is 9.92. The molecule has 1 atom stereocenters. The average molecular weight is 306 g/mol. The van der Waals surface area contributed by atoms with Crippen molar-refractivity contribution in [2.45, 2.75) is 12.5 Å².